The summed E-state index contributed by atoms with van der Waals surface area (Å²) < 4.78 is 10.9. The number of carbonyl (C=O) groups excluding carboxylic acids is 4. The third kappa shape index (κ3) is 5.80. The molecule has 0 spiro atoms. The van der Waals surface area contributed by atoms with Crippen LogP contribution in [0, 0.1) is 0 Å². The first-order valence-electron chi connectivity index (χ1n) is 13.8. The molecule has 0 aliphatic carbocycles. The number of benzene rings is 2. The fraction of sp³-hybridized carbons (Fsp3) is 0.226. The predicted molar refractivity (Wildman–Crippen MR) is 156 cm³/mol. The number of nitrogens with zero attached hydrogens (tertiary/aromatic N) is 4. The second-order valence-corrected chi connectivity index (χ2v) is 10.2. The molecule has 0 unspecified atom stereocenters. The molecule has 4 heterocycles. The normalized spacial score (nSPS) is 17.7. The molecular weight excluding hydrogens is 552 g/mol. The van der Waals surface area contributed by atoms with E-state index in [-0.39, 0.29) is 23.5 Å². The lowest BCUT2D eigenvalue weighted by Crippen LogP contribution is -2.43. The smallest absolute Gasteiger partial charge is 0.293 e. The van der Waals surface area contributed by atoms with Crippen molar-refractivity contribution < 1.29 is 28.1 Å². The Kier molecular flexibility index (Phi) is 7.56. The van der Waals surface area contributed by atoms with E-state index in [1.165, 1.54) is 24.1 Å². The van der Waals surface area contributed by atoms with Gasteiger partial charge in [0.25, 0.3) is 11.8 Å². The Balaban J connectivity index is 1.06. The maximum Gasteiger partial charge on any atom is 0.293 e. The quantitative estimate of drug-likeness (QED) is 0.312. The summed E-state index contributed by atoms with van der Waals surface area (Å²) in [5.74, 6) is -0.0423. The van der Waals surface area contributed by atoms with E-state index in [4.69, 9.17) is 8.94 Å². The molecule has 4 aromatic rings. The molecule has 0 bridgehead atoms. The Hall–Kier alpha value is -5.52. The van der Waals surface area contributed by atoms with Crippen LogP contribution in [0.15, 0.2) is 88.1 Å². The van der Waals surface area contributed by atoms with Gasteiger partial charge in [0.2, 0.25) is 23.5 Å². The zero-order chi connectivity index (χ0) is 29.9. The molecule has 218 valence electrons. The van der Waals surface area contributed by atoms with Crippen LogP contribution in [0.1, 0.15) is 30.3 Å². The maximum atomic E-state index is 12.9. The summed E-state index contributed by atoms with van der Waals surface area (Å²) in [5, 5.41) is 9.28. The molecular formula is C31H28N6O6. The number of carbonyl (C=O) groups is 4. The van der Waals surface area contributed by atoms with Gasteiger partial charge in [0.1, 0.15) is 12.1 Å². The number of hydrogen-bond acceptors (Lipinski definition) is 8. The predicted octanol–water partition coefficient (Wildman–Crippen LogP) is 3.97. The van der Waals surface area contributed by atoms with Crippen molar-refractivity contribution in [1.29, 1.82) is 0 Å². The van der Waals surface area contributed by atoms with Gasteiger partial charge in [0.15, 0.2) is 5.76 Å². The maximum absolute atomic E-state index is 12.9. The van der Waals surface area contributed by atoms with Gasteiger partial charge in [-0.2, -0.15) is 0 Å². The summed E-state index contributed by atoms with van der Waals surface area (Å²) in [6, 6.07) is 14.5. The van der Waals surface area contributed by atoms with E-state index < -0.39 is 18.0 Å². The van der Waals surface area contributed by atoms with Crippen LogP contribution < -0.4 is 10.6 Å². The van der Waals surface area contributed by atoms with Gasteiger partial charge in [-0.25, -0.2) is 4.98 Å². The van der Waals surface area contributed by atoms with Gasteiger partial charge < -0.3 is 29.4 Å². The topological polar surface area (TPSA) is 151 Å². The Morgan fingerprint density at radius 1 is 0.884 bits per heavy atom. The SMILES string of the molecule is CC(=O)N1CCC[C@H]1C(=O)Nc1ccc(-c2cnc(-c3ccc(NC(=O)[C@@H]4C=CCN4C(=O)c4ccno4)cc3)o2)cc1. The standard InChI is InChI=1S/C31H28N6O6/c1-19(38)36-16-2-4-24(36)28(39)34-22-10-6-20(7-11-22)27-18-32-30(42-27)21-8-12-23(13-9-21)35-29(40)25-5-3-17-37(25)31(41)26-14-15-33-43-26/h3,5-15,18,24-25H,2,4,16-17H2,1H3,(H,34,39)(H,35,40)/t24-,25-/m0/s1. The Morgan fingerprint density at radius 2 is 1.58 bits per heavy atom. The Morgan fingerprint density at radius 3 is 2.26 bits per heavy atom. The number of aromatic nitrogens is 2. The molecule has 6 rings (SSSR count). The summed E-state index contributed by atoms with van der Waals surface area (Å²) in [6.07, 6.45) is 7.89. The number of amides is 4. The fourth-order valence-corrected chi connectivity index (χ4v) is 5.24. The third-order valence-corrected chi connectivity index (χ3v) is 7.44. The van der Waals surface area contributed by atoms with Crippen molar-refractivity contribution in [2.24, 2.45) is 0 Å². The molecule has 2 aromatic carbocycles. The first-order valence-corrected chi connectivity index (χ1v) is 13.8. The minimum atomic E-state index is -0.774. The minimum Gasteiger partial charge on any atom is -0.436 e. The van der Waals surface area contributed by atoms with Gasteiger partial charge in [0, 0.05) is 48.6 Å². The van der Waals surface area contributed by atoms with Crippen LogP contribution >= 0.6 is 0 Å². The van der Waals surface area contributed by atoms with E-state index in [9.17, 15) is 19.2 Å². The number of oxazole rings is 1. The van der Waals surface area contributed by atoms with Gasteiger partial charge in [-0.1, -0.05) is 17.3 Å². The van der Waals surface area contributed by atoms with Crippen molar-refractivity contribution in [2.45, 2.75) is 31.8 Å². The molecule has 4 amide bonds. The van der Waals surface area contributed by atoms with Crippen molar-refractivity contribution in [3.8, 4) is 22.8 Å². The molecule has 12 heteroatoms. The van der Waals surface area contributed by atoms with E-state index in [0.29, 0.717) is 48.1 Å². The van der Waals surface area contributed by atoms with E-state index >= 15 is 0 Å². The molecule has 1 fully saturated rings. The van der Waals surface area contributed by atoms with E-state index in [1.807, 2.05) is 12.1 Å². The van der Waals surface area contributed by atoms with Gasteiger partial charge in [-0.3, -0.25) is 19.2 Å². The molecule has 0 radical (unpaired) electrons. The van der Waals surface area contributed by atoms with Crippen molar-refractivity contribution >= 4 is 35.0 Å². The molecule has 2 aromatic heterocycles. The van der Waals surface area contributed by atoms with Crippen LogP contribution in [0.25, 0.3) is 22.8 Å². The average molecular weight is 581 g/mol. The van der Waals surface area contributed by atoms with Crippen molar-refractivity contribution in [1.82, 2.24) is 19.9 Å². The second-order valence-electron chi connectivity index (χ2n) is 10.2. The highest BCUT2D eigenvalue weighted by atomic mass is 16.5. The van der Waals surface area contributed by atoms with Gasteiger partial charge in [0.05, 0.1) is 12.4 Å². The first-order chi connectivity index (χ1) is 20.9. The monoisotopic (exact) mass is 580 g/mol. The molecule has 2 atom stereocenters. The lowest BCUT2D eigenvalue weighted by Gasteiger charge is -2.22. The molecule has 1 saturated heterocycles. The summed E-state index contributed by atoms with van der Waals surface area (Å²) >= 11 is 0. The second kappa shape index (κ2) is 11.8. The van der Waals surface area contributed by atoms with Crippen LogP contribution in [0.5, 0.6) is 0 Å². The number of likely N-dealkylation sites (tertiary alicyclic amines) is 1. The highest BCUT2D eigenvalue weighted by Gasteiger charge is 2.33. The summed E-state index contributed by atoms with van der Waals surface area (Å²) in [7, 11) is 0. The molecule has 0 saturated carbocycles. The van der Waals surface area contributed by atoms with Gasteiger partial charge in [-0.05, 0) is 61.4 Å². The van der Waals surface area contributed by atoms with Crippen LogP contribution in [0.2, 0.25) is 0 Å². The fourth-order valence-electron chi connectivity index (χ4n) is 5.24. The minimum absolute atomic E-state index is 0.0698. The Labute approximate surface area is 246 Å². The number of anilines is 2. The third-order valence-electron chi connectivity index (χ3n) is 7.44. The van der Waals surface area contributed by atoms with Crippen molar-refractivity contribution in [3.63, 3.8) is 0 Å². The van der Waals surface area contributed by atoms with Crippen LogP contribution in [-0.2, 0) is 14.4 Å². The first kappa shape index (κ1) is 27.6. The van der Waals surface area contributed by atoms with Gasteiger partial charge >= 0.3 is 0 Å². The van der Waals surface area contributed by atoms with Crippen molar-refractivity contribution in [3.05, 3.63) is 84.9 Å². The lowest BCUT2D eigenvalue weighted by molar-refractivity contribution is -0.134. The highest BCUT2D eigenvalue weighted by molar-refractivity contribution is 6.02. The number of hydrogen-bond donors (Lipinski definition) is 2. The zero-order valence-electron chi connectivity index (χ0n) is 23.2. The number of rotatable bonds is 7. The molecule has 43 heavy (non-hydrogen) atoms. The number of nitrogens with one attached hydrogen (secondary N) is 2. The summed E-state index contributed by atoms with van der Waals surface area (Å²) in [5.41, 5.74) is 2.66. The Bertz CT molecular complexity index is 1680. The average Bonchev–Trinajstić information content (AvgIpc) is 3.84. The lowest BCUT2D eigenvalue weighted by atomic mass is 10.1. The van der Waals surface area contributed by atoms with E-state index in [2.05, 4.69) is 20.8 Å². The van der Waals surface area contributed by atoms with E-state index in [0.717, 1.165) is 12.0 Å². The van der Waals surface area contributed by atoms with Gasteiger partial charge in [-0.15, -0.1) is 0 Å². The molecule has 2 N–H and O–H groups in total. The molecule has 2 aliphatic rings. The van der Waals surface area contributed by atoms with E-state index in [1.54, 1.807) is 59.6 Å². The summed E-state index contributed by atoms with van der Waals surface area (Å²) in [6.45, 7) is 2.37. The molecule has 12 nitrogen and oxygen atoms in total. The molecule has 2 aliphatic heterocycles. The van der Waals surface area contributed by atoms with Crippen LogP contribution in [0.4, 0.5) is 11.4 Å². The van der Waals surface area contributed by atoms with Crippen LogP contribution in [-0.4, -0.2) is 68.7 Å². The van der Waals surface area contributed by atoms with Crippen LogP contribution in [0.3, 0.4) is 0 Å². The highest BCUT2D eigenvalue weighted by Crippen LogP contribution is 2.28. The zero-order valence-corrected chi connectivity index (χ0v) is 23.2. The summed E-state index contributed by atoms with van der Waals surface area (Å²) in [4.78, 5) is 57.5. The largest absolute Gasteiger partial charge is 0.436 e. The van der Waals surface area contributed by atoms with Crippen molar-refractivity contribution in [2.75, 3.05) is 23.7 Å².